The van der Waals surface area contributed by atoms with Gasteiger partial charge in [0.25, 0.3) is 0 Å². The summed E-state index contributed by atoms with van der Waals surface area (Å²) in [5, 5.41) is 4.68. The van der Waals surface area contributed by atoms with Crippen LogP contribution in [-0.2, 0) is 0 Å². The van der Waals surface area contributed by atoms with E-state index in [1.807, 2.05) is 59.5 Å². The Balaban J connectivity index is 1.48. The zero-order chi connectivity index (χ0) is 21.0. The maximum Gasteiger partial charge on any atom is 0.321 e. The average Bonchev–Trinajstić information content (AvgIpc) is 3.12. The molecule has 2 aromatic rings. The van der Waals surface area contributed by atoms with E-state index in [4.69, 9.17) is 21.6 Å². The molecule has 2 heterocycles. The van der Waals surface area contributed by atoms with Crippen LogP contribution in [0.3, 0.4) is 0 Å². The summed E-state index contributed by atoms with van der Waals surface area (Å²) >= 11 is 7.83. The van der Waals surface area contributed by atoms with E-state index < -0.39 is 5.66 Å². The van der Waals surface area contributed by atoms with Crippen LogP contribution in [0.25, 0.3) is 0 Å². The van der Waals surface area contributed by atoms with Crippen molar-refractivity contribution in [1.82, 2.24) is 4.90 Å². The van der Waals surface area contributed by atoms with Crippen LogP contribution in [-0.4, -0.2) is 46.2 Å². The van der Waals surface area contributed by atoms with Gasteiger partial charge in [-0.05, 0) is 36.4 Å². The number of hydrogen-bond donors (Lipinski definition) is 1. The van der Waals surface area contributed by atoms with Crippen molar-refractivity contribution in [3.05, 3.63) is 65.2 Å². The molecule has 2 amide bonds. The fourth-order valence-corrected chi connectivity index (χ4v) is 4.69. The second-order valence-corrected chi connectivity index (χ2v) is 9.02. The molecular weight excluding hydrogens is 416 g/mol. The Morgan fingerprint density at radius 3 is 2.47 bits per heavy atom. The highest BCUT2D eigenvalue weighted by Gasteiger charge is 2.40. The van der Waals surface area contributed by atoms with Gasteiger partial charge in [0.2, 0.25) is 0 Å². The van der Waals surface area contributed by atoms with E-state index in [-0.39, 0.29) is 6.03 Å². The smallest absolute Gasteiger partial charge is 0.321 e. The molecule has 1 spiro atoms. The normalized spacial score (nSPS) is 17.6. The number of benzene rings is 2. The van der Waals surface area contributed by atoms with E-state index in [9.17, 15) is 4.79 Å². The summed E-state index contributed by atoms with van der Waals surface area (Å²) in [6.07, 6.45) is 2.53. The van der Waals surface area contributed by atoms with Crippen LogP contribution in [0.4, 0.5) is 10.5 Å². The minimum absolute atomic E-state index is 0.0690. The number of piperidine rings is 1. The summed E-state index contributed by atoms with van der Waals surface area (Å²) in [4.78, 5) is 24.6. The Morgan fingerprint density at radius 1 is 1.10 bits per heavy atom. The van der Waals surface area contributed by atoms with Gasteiger partial charge in [0.1, 0.15) is 5.04 Å². The molecule has 1 saturated heterocycles. The van der Waals surface area contributed by atoms with Gasteiger partial charge in [-0.25, -0.2) is 9.79 Å². The van der Waals surface area contributed by atoms with Crippen molar-refractivity contribution in [2.45, 2.75) is 31.8 Å². The van der Waals surface area contributed by atoms with Crippen molar-refractivity contribution >= 4 is 45.8 Å². The van der Waals surface area contributed by atoms with Crippen LogP contribution in [0.5, 0.6) is 0 Å². The predicted octanol–water partition coefficient (Wildman–Crippen LogP) is 5.71. The Kier molecular flexibility index (Phi) is 6.44. The Morgan fingerprint density at radius 2 is 1.80 bits per heavy atom. The van der Waals surface area contributed by atoms with Gasteiger partial charge in [0, 0.05) is 42.2 Å². The quantitative estimate of drug-likeness (QED) is 0.662. The van der Waals surface area contributed by atoms with Crippen molar-refractivity contribution in [3.8, 4) is 0 Å². The third kappa shape index (κ3) is 4.71. The Bertz CT molecular complexity index is 951. The van der Waals surface area contributed by atoms with Crippen LogP contribution in [0.1, 0.15) is 31.7 Å². The molecule has 7 heteroatoms. The van der Waals surface area contributed by atoms with Crippen molar-refractivity contribution in [1.29, 1.82) is 0 Å². The van der Waals surface area contributed by atoms with Crippen LogP contribution < -0.4 is 5.32 Å². The second kappa shape index (κ2) is 9.23. The maximum atomic E-state index is 12.6. The van der Waals surface area contributed by atoms with Crippen molar-refractivity contribution in [3.63, 3.8) is 0 Å². The molecule has 0 aromatic heterocycles. The van der Waals surface area contributed by atoms with Gasteiger partial charge in [-0.3, -0.25) is 4.99 Å². The number of nitrogens with zero attached hydrogens (tertiary/aromatic N) is 3. The van der Waals surface area contributed by atoms with Crippen LogP contribution in [0.2, 0.25) is 5.02 Å². The van der Waals surface area contributed by atoms with Crippen molar-refractivity contribution < 1.29 is 4.79 Å². The molecule has 0 saturated carbocycles. The summed E-state index contributed by atoms with van der Waals surface area (Å²) in [6.45, 7) is 3.43. The molecule has 0 radical (unpaired) electrons. The van der Waals surface area contributed by atoms with E-state index in [0.717, 1.165) is 47.0 Å². The number of nitrogens with one attached hydrogen (secondary N) is 1. The fourth-order valence-electron chi connectivity index (χ4n) is 3.63. The second-order valence-electron chi connectivity index (χ2n) is 7.50. The molecule has 0 atom stereocenters. The van der Waals surface area contributed by atoms with Crippen LogP contribution in [0, 0.1) is 0 Å². The number of thioether (sulfide) groups is 1. The topological polar surface area (TPSA) is 57.1 Å². The SMILES string of the molecule is CCCSC1=NC2(CCN(C(=O)Nc3ccccc3)CC2)N=C1c1ccc(Cl)cc1. The third-order valence-corrected chi connectivity index (χ3v) is 6.69. The maximum absolute atomic E-state index is 12.6. The van der Waals surface area contributed by atoms with E-state index in [2.05, 4.69) is 12.2 Å². The molecule has 2 aliphatic heterocycles. The first kappa shape index (κ1) is 20.9. The predicted molar refractivity (Wildman–Crippen MR) is 127 cm³/mol. The zero-order valence-corrected chi connectivity index (χ0v) is 18.5. The molecule has 5 nitrogen and oxygen atoms in total. The number of urea groups is 1. The van der Waals surface area contributed by atoms with Crippen molar-refractivity contribution in [2.24, 2.45) is 9.98 Å². The number of carbonyl (C=O) groups excluding carboxylic acids is 1. The number of anilines is 1. The van der Waals surface area contributed by atoms with E-state index in [0.29, 0.717) is 18.1 Å². The van der Waals surface area contributed by atoms with Gasteiger partial charge in [0.15, 0.2) is 5.66 Å². The third-order valence-electron chi connectivity index (χ3n) is 5.27. The minimum atomic E-state index is -0.464. The van der Waals surface area contributed by atoms with Crippen LogP contribution >= 0.6 is 23.4 Å². The van der Waals surface area contributed by atoms with Gasteiger partial charge < -0.3 is 10.2 Å². The summed E-state index contributed by atoms with van der Waals surface area (Å²) in [7, 11) is 0. The summed E-state index contributed by atoms with van der Waals surface area (Å²) in [5.74, 6) is 1.01. The lowest BCUT2D eigenvalue weighted by Gasteiger charge is -2.35. The number of para-hydroxylation sites is 1. The van der Waals surface area contributed by atoms with Gasteiger partial charge in [0.05, 0.1) is 5.71 Å². The lowest BCUT2D eigenvalue weighted by atomic mass is 9.98. The first-order valence-corrected chi connectivity index (χ1v) is 11.6. The molecule has 0 aliphatic carbocycles. The molecule has 1 fully saturated rings. The fraction of sp³-hybridized carbons (Fsp3) is 0.348. The number of halogens is 1. The molecule has 4 rings (SSSR count). The lowest BCUT2D eigenvalue weighted by Crippen LogP contribution is -2.46. The Labute approximate surface area is 186 Å². The zero-order valence-electron chi connectivity index (χ0n) is 17.0. The largest absolute Gasteiger partial charge is 0.324 e. The monoisotopic (exact) mass is 440 g/mol. The molecular formula is C23H25ClN4OS. The highest BCUT2D eigenvalue weighted by Crippen LogP contribution is 2.36. The number of hydrogen-bond acceptors (Lipinski definition) is 4. The number of carbonyl (C=O) groups is 1. The van der Waals surface area contributed by atoms with Gasteiger partial charge in [-0.2, -0.15) is 0 Å². The van der Waals surface area contributed by atoms with Crippen molar-refractivity contribution in [2.75, 3.05) is 24.2 Å². The summed E-state index contributed by atoms with van der Waals surface area (Å²) in [6, 6.07) is 17.3. The molecule has 2 aromatic carbocycles. The van der Waals surface area contributed by atoms with Gasteiger partial charge in [-0.1, -0.05) is 48.9 Å². The minimum Gasteiger partial charge on any atom is -0.324 e. The highest BCUT2D eigenvalue weighted by atomic mass is 35.5. The van der Waals surface area contributed by atoms with Gasteiger partial charge >= 0.3 is 6.03 Å². The molecule has 0 bridgehead atoms. The summed E-state index contributed by atoms with van der Waals surface area (Å²) in [5.41, 5.74) is 2.34. The van der Waals surface area contributed by atoms with Crippen LogP contribution in [0.15, 0.2) is 64.6 Å². The number of likely N-dealkylation sites (tertiary alicyclic amines) is 1. The van der Waals surface area contributed by atoms with Gasteiger partial charge in [-0.15, -0.1) is 11.8 Å². The van der Waals surface area contributed by atoms with E-state index >= 15 is 0 Å². The molecule has 2 aliphatic rings. The summed E-state index contributed by atoms with van der Waals surface area (Å²) < 4.78 is 0. The Hall–Kier alpha value is -2.31. The number of rotatable bonds is 4. The molecule has 156 valence electrons. The lowest BCUT2D eigenvalue weighted by molar-refractivity contribution is 0.175. The molecule has 30 heavy (non-hydrogen) atoms. The number of amides is 2. The highest BCUT2D eigenvalue weighted by molar-refractivity contribution is 8.15. The number of aliphatic imine (C=N–C) groups is 2. The standard InChI is InChI=1S/C23H25ClN4OS/c1-2-16-30-21-20(17-8-10-18(24)11-9-17)26-23(27-21)12-14-28(15-13-23)22(29)25-19-6-4-3-5-7-19/h3-11H,2,12-16H2,1H3,(H,25,29). The molecule has 0 unspecified atom stereocenters. The average molecular weight is 441 g/mol. The first-order chi connectivity index (χ1) is 14.6. The molecule has 1 N–H and O–H groups in total. The van der Waals surface area contributed by atoms with E-state index in [1.54, 1.807) is 11.8 Å². The van der Waals surface area contributed by atoms with E-state index in [1.165, 1.54) is 0 Å². The first-order valence-electron chi connectivity index (χ1n) is 10.3.